The lowest BCUT2D eigenvalue weighted by Gasteiger charge is -2.19. The third kappa shape index (κ3) is 4.72. The zero-order valence-electron chi connectivity index (χ0n) is 14.6. The van der Waals surface area contributed by atoms with Crippen molar-refractivity contribution in [1.29, 1.82) is 0 Å². The number of ether oxygens (including phenoxy) is 3. The fourth-order valence-electron chi connectivity index (χ4n) is 3.69. The quantitative estimate of drug-likeness (QED) is 0.690. The molecule has 1 aromatic carbocycles. The monoisotopic (exact) mass is 410 g/mol. The van der Waals surface area contributed by atoms with Gasteiger partial charge in [-0.2, -0.15) is 0 Å². The zero-order chi connectivity index (χ0) is 17.8. The lowest BCUT2D eigenvalue weighted by molar-refractivity contribution is -0.0776. The summed E-state index contributed by atoms with van der Waals surface area (Å²) in [6.45, 7) is 6.44. The molecule has 0 amide bonds. The highest BCUT2D eigenvalue weighted by molar-refractivity contribution is 9.10. The molecule has 25 heavy (non-hydrogen) atoms. The van der Waals surface area contributed by atoms with Gasteiger partial charge in [0, 0.05) is 17.3 Å². The van der Waals surface area contributed by atoms with Gasteiger partial charge in [0.25, 0.3) is 0 Å². The van der Waals surface area contributed by atoms with E-state index in [1.807, 2.05) is 25.1 Å². The van der Waals surface area contributed by atoms with E-state index in [0.717, 1.165) is 29.3 Å². The van der Waals surface area contributed by atoms with Gasteiger partial charge in [0.1, 0.15) is 0 Å². The van der Waals surface area contributed by atoms with Crippen molar-refractivity contribution >= 4 is 15.9 Å². The Labute approximate surface area is 158 Å². The molecule has 2 saturated heterocycles. The summed E-state index contributed by atoms with van der Waals surface area (Å²) >= 11 is 3.45. The molecule has 5 heteroatoms. The number of hydrogen-bond donors (Lipinski definition) is 1. The number of benzene rings is 1. The summed E-state index contributed by atoms with van der Waals surface area (Å²) in [4.78, 5) is 0. The number of halogens is 1. The Morgan fingerprint density at radius 2 is 1.88 bits per heavy atom. The SMILES string of the molecule is C=CC[C@@H]1O[C@H]([C@H]2C[C@@H](O)[C@@H](CC)O2)C[C@@H]1OCc1ccc(Br)cc1. The molecule has 0 saturated carbocycles. The second kappa shape index (κ2) is 8.78. The highest BCUT2D eigenvalue weighted by Crippen LogP contribution is 2.35. The van der Waals surface area contributed by atoms with E-state index >= 15 is 0 Å². The lowest BCUT2D eigenvalue weighted by atomic mass is 10.0. The first-order valence-corrected chi connectivity index (χ1v) is 9.86. The normalized spacial score (nSPS) is 35.2. The summed E-state index contributed by atoms with van der Waals surface area (Å²) < 4.78 is 19.4. The molecular formula is C20H27BrO4. The minimum Gasteiger partial charge on any atom is -0.390 e. The van der Waals surface area contributed by atoms with Gasteiger partial charge >= 0.3 is 0 Å². The predicted octanol–water partition coefficient (Wildman–Crippen LogP) is 4.00. The fraction of sp³-hybridized carbons (Fsp3) is 0.600. The molecule has 2 aliphatic heterocycles. The van der Waals surface area contributed by atoms with Gasteiger partial charge in [-0.05, 0) is 30.5 Å². The number of aliphatic hydroxyl groups is 1. The number of hydrogen-bond acceptors (Lipinski definition) is 4. The Hall–Kier alpha value is -0.720. The molecule has 2 heterocycles. The Morgan fingerprint density at radius 3 is 2.52 bits per heavy atom. The largest absolute Gasteiger partial charge is 0.390 e. The van der Waals surface area contributed by atoms with Crippen LogP contribution in [0.4, 0.5) is 0 Å². The molecule has 2 aliphatic rings. The van der Waals surface area contributed by atoms with Gasteiger partial charge in [-0.15, -0.1) is 6.58 Å². The van der Waals surface area contributed by atoms with Crippen LogP contribution in [-0.2, 0) is 20.8 Å². The Kier molecular flexibility index (Phi) is 6.69. The molecule has 0 aromatic heterocycles. The molecule has 0 bridgehead atoms. The van der Waals surface area contributed by atoms with Gasteiger partial charge in [-0.1, -0.05) is 41.1 Å². The summed E-state index contributed by atoms with van der Waals surface area (Å²) in [5.74, 6) is 0. The third-order valence-electron chi connectivity index (χ3n) is 5.07. The second-order valence-corrected chi connectivity index (χ2v) is 7.79. The van der Waals surface area contributed by atoms with E-state index < -0.39 is 0 Å². The molecule has 1 N–H and O–H groups in total. The Balaban J connectivity index is 1.58. The van der Waals surface area contributed by atoms with Gasteiger partial charge in [0.15, 0.2) is 0 Å². The topological polar surface area (TPSA) is 47.9 Å². The molecule has 0 spiro atoms. The van der Waals surface area contributed by atoms with Crippen LogP contribution >= 0.6 is 15.9 Å². The minimum absolute atomic E-state index is 0.000585. The van der Waals surface area contributed by atoms with E-state index in [1.54, 1.807) is 0 Å². The van der Waals surface area contributed by atoms with Crippen molar-refractivity contribution in [1.82, 2.24) is 0 Å². The summed E-state index contributed by atoms with van der Waals surface area (Å²) in [5.41, 5.74) is 1.14. The van der Waals surface area contributed by atoms with Gasteiger partial charge in [0.05, 0.1) is 43.2 Å². The van der Waals surface area contributed by atoms with Gasteiger partial charge in [-0.25, -0.2) is 0 Å². The van der Waals surface area contributed by atoms with Gasteiger partial charge in [-0.3, -0.25) is 0 Å². The molecule has 4 nitrogen and oxygen atoms in total. The molecule has 0 unspecified atom stereocenters. The van der Waals surface area contributed by atoms with Crippen LogP contribution in [0.15, 0.2) is 41.4 Å². The first-order valence-electron chi connectivity index (χ1n) is 9.06. The molecular weight excluding hydrogens is 384 g/mol. The lowest BCUT2D eigenvalue weighted by Crippen LogP contribution is -2.26. The highest BCUT2D eigenvalue weighted by atomic mass is 79.9. The Bertz CT molecular complexity index is 561. The van der Waals surface area contributed by atoms with Crippen molar-refractivity contribution in [2.24, 2.45) is 0 Å². The number of rotatable bonds is 7. The molecule has 0 radical (unpaired) electrons. The molecule has 3 rings (SSSR count). The van der Waals surface area contributed by atoms with E-state index in [1.165, 1.54) is 0 Å². The summed E-state index contributed by atoms with van der Waals surface area (Å²) in [6, 6.07) is 8.16. The maximum absolute atomic E-state index is 10.1. The second-order valence-electron chi connectivity index (χ2n) is 6.87. The van der Waals surface area contributed by atoms with Crippen molar-refractivity contribution in [3.05, 3.63) is 47.0 Å². The zero-order valence-corrected chi connectivity index (χ0v) is 16.2. The van der Waals surface area contributed by atoms with Crippen LogP contribution in [-0.4, -0.2) is 41.7 Å². The molecule has 6 atom stereocenters. The smallest absolute Gasteiger partial charge is 0.0877 e. The van der Waals surface area contributed by atoms with E-state index in [-0.39, 0.29) is 36.6 Å². The van der Waals surface area contributed by atoms with Crippen molar-refractivity contribution < 1.29 is 19.3 Å². The highest BCUT2D eigenvalue weighted by Gasteiger charge is 2.44. The minimum atomic E-state index is -0.390. The summed E-state index contributed by atoms with van der Waals surface area (Å²) in [7, 11) is 0. The number of aliphatic hydroxyl groups excluding tert-OH is 1. The van der Waals surface area contributed by atoms with Gasteiger partial charge in [0.2, 0.25) is 0 Å². The standard InChI is InChI=1S/C20H27BrO4/c1-3-5-17-18(23-12-13-6-8-14(21)9-7-13)11-20(25-17)19-10-15(22)16(4-2)24-19/h3,6-9,15-20,22H,1,4-5,10-12H2,2H3/t15-,16-,17+,18+,19-,20+/m1/s1. The van der Waals surface area contributed by atoms with Crippen LogP contribution in [0.3, 0.4) is 0 Å². The summed E-state index contributed by atoms with van der Waals surface area (Å²) in [5, 5.41) is 10.1. The fourth-order valence-corrected chi connectivity index (χ4v) is 3.95. The predicted molar refractivity (Wildman–Crippen MR) is 100 cm³/mol. The van der Waals surface area contributed by atoms with Crippen LogP contribution in [0.25, 0.3) is 0 Å². The van der Waals surface area contributed by atoms with E-state index in [0.29, 0.717) is 13.0 Å². The van der Waals surface area contributed by atoms with Crippen molar-refractivity contribution in [3.8, 4) is 0 Å². The summed E-state index contributed by atoms with van der Waals surface area (Å²) in [6.07, 6.45) is 4.38. The molecule has 0 aliphatic carbocycles. The van der Waals surface area contributed by atoms with Crippen molar-refractivity contribution in [2.45, 2.75) is 75.8 Å². The Morgan fingerprint density at radius 1 is 1.20 bits per heavy atom. The average Bonchev–Trinajstić information content (AvgIpc) is 3.18. The average molecular weight is 411 g/mol. The third-order valence-corrected chi connectivity index (χ3v) is 5.60. The van der Waals surface area contributed by atoms with Crippen LogP contribution in [0.2, 0.25) is 0 Å². The molecule has 138 valence electrons. The van der Waals surface area contributed by atoms with Gasteiger partial charge < -0.3 is 19.3 Å². The molecule has 1 aromatic rings. The van der Waals surface area contributed by atoms with Crippen LogP contribution in [0.1, 0.15) is 38.2 Å². The van der Waals surface area contributed by atoms with Crippen LogP contribution in [0.5, 0.6) is 0 Å². The van der Waals surface area contributed by atoms with E-state index in [9.17, 15) is 5.11 Å². The van der Waals surface area contributed by atoms with E-state index in [2.05, 4.69) is 34.6 Å². The maximum Gasteiger partial charge on any atom is 0.0877 e. The van der Waals surface area contributed by atoms with Crippen molar-refractivity contribution in [3.63, 3.8) is 0 Å². The van der Waals surface area contributed by atoms with Crippen LogP contribution in [0, 0.1) is 0 Å². The van der Waals surface area contributed by atoms with E-state index in [4.69, 9.17) is 14.2 Å². The van der Waals surface area contributed by atoms with Crippen LogP contribution < -0.4 is 0 Å². The van der Waals surface area contributed by atoms with Crippen molar-refractivity contribution in [2.75, 3.05) is 0 Å². The maximum atomic E-state index is 10.1. The molecule has 2 fully saturated rings. The first kappa shape index (κ1) is 19.1. The first-order chi connectivity index (χ1) is 12.1.